The van der Waals surface area contributed by atoms with E-state index in [1.807, 2.05) is 30.1 Å². The number of rotatable bonds is 4. The number of carbonyl (C=O) groups is 1. The molecule has 0 radical (unpaired) electrons. The average Bonchev–Trinajstić information content (AvgIpc) is 2.38. The van der Waals surface area contributed by atoms with E-state index in [1.165, 1.54) is 0 Å². The molecule has 2 rings (SSSR count). The van der Waals surface area contributed by atoms with Gasteiger partial charge in [0.25, 0.3) is 0 Å². The molecule has 0 saturated heterocycles. The lowest BCUT2D eigenvalue weighted by Crippen LogP contribution is -2.34. The van der Waals surface area contributed by atoms with Crippen LogP contribution in [-0.2, 0) is 11.3 Å². The van der Waals surface area contributed by atoms with Crippen molar-refractivity contribution in [3.8, 4) is 11.5 Å². The summed E-state index contributed by atoms with van der Waals surface area (Å²) in [6, 6.07) is 5.90. The smallest absolute Gasteiger partial charge is 0.236 e. The molecule has 104 valence electrons. The second kappa shape index (κ2) is 5.93. The third-order valence-electron chi connectivity index (χ3n) is 2.96. The number of hydrogen-bond donors (Lipinski definition) is 0. The standard InChI is InChI=1S/C14H20N2O3/c1-15(2)14(17)10-16(3)9-11-4-5-12-13(8-11)19-7-6-18-12/h4-5,8H,6-7,9-10H2,1-3H3. The molecule has 0 saturated carbocycles. The number of fused-ring (bicyclic) bond motifs is 1. The lowest BCUT2D eigenvalue weighted by molar-refractivity contribution is -0.129. The molecule has 1 aliphatic rings. The molecule has 1 amide bonds. The van der Waals surface area contributed by atoms with Gasteiger partial charge in [-0.15, -0.1) is 0 Å². The summed E-state index contributed by atoms with van der Waals surface area (Å²) in [6.45, 7) is 2.30. The molecule has 0 fully saturated rings. The van der Waals surface area contributed by atoms with Crippen LogP contribution in [0.5, 0.6) is 11.5 Å². The Morgan fingerprint density at radius 1 is 1.16 bits per heavy atom. The van der Waals surface area contributed by atoms with Crippen LogP contribution >= 0.6 is 0 Å². The van der Waals surface area contributed by atoms with Crippen LogP contribution in [0, 0.1) is 0 Å². The predicted octanol–water partition coefficient (Wildman–Crippen LogP) is 0.978. The number of amides is 1. The molecule has 0 unspecified atom stereocenters. The van der Waals surface area contributed by atoms with Gasteiger partial charge >= 0.3 is 0 Å². The van der Waals surface area contributed by atoms with E-state index in [1.54, 1.807) is 19.0 Å². The Labute approximate surface area is 113 Å². The van der Waals surface area contributed by atoms with E-state index in [0.717, 1.165) is 17.1 Å². The first kappa shape index (κ1) is 13.7. The molecule has 1 aliphatic heterocycles. The van der Waals surface area contributed by atoms with Crippen molar-refractivity contribution < 1.29 is 14.3 Å². The molecule has 0 aliphatic carbocycles. The van der Waals surface area contributed by atoms with Crippen LogP contribution in [0.1, 0.15) is 5.56 Å². The molecular formula is C14H20N2O3. The van der Waals surface area contributed by atoms with Gasteiger partial charge in [-0.3, -0.25) is 9.69 Å². The first-order valence-electron chi connectivity index (χ1n) is 6.33. The Balaban J connectivity index is 1.97. The summed E-state index contributed by atoms with van der Waals surface area (Å²) >= 11 is 0. The second-order valence-corrected chi connectivity index (χ2v) is 4.94. The van der Waals surface area contributed by atoms with Crippen molar-refractivity contribution >= 4 is 5.91 Å². The molecule has 0 atom stereocenters. The monoisotopic (exact) mass is 264 g/mol. The minimum atomic E-state index is 0.0973. The molecule has 5 nitrogen and oxygen atoms in total. The zero-order chi connectivity index (χ0) is 13.8. The molecule has 5 heteroatoms. The average molecular weight is 264 g/mol. The number of hydrogen-bond acceptors (Lipinski definition) is 4. The van der Waals surface area contributed by atoms with E-state index < -0.39 is 0 Å². The molecule has 0 bridgehead atoms. The van der Waals surface area contributed by atoms with Crippen LogP contribution < -0.4 is 9.47 Å². The fraction of sp³-hybridized carbons (Fsp3) is 0.500. The Kier molecular flexibility index (Phi) is 4.27. The van der Waals surface area contributed by atoms with E-state index in [-0.39, 0.29) is 5.91 Å². The van der Waals surface area contributed by atoms with Gasteiger partial charge in [-0.05, 0) is 24.7 Å². The molecule has 19 heavy (non-hydrogen) atoms. The number of ether oxygens (including phenoxy) is 2. The number of nitrogens with zero attached hydrogens (tertiary/aromatic N) is 2. The second-order valence-electron chi connectivity index (χ2n) is 4.94. The maximum absolute atomic E-state index is 11.6. The minimum Gasteiger partial charge on any atom is -0.486 e. The Hall–Kier alpha value is -1.75. The zero-order valence-corrected chi connectivity index (χ0v) is 11.7. The van der Waals surface area contributed by atoms with Crippen LogP contribution in [0.3, 0.4) is 0 Å². The SMILES string of the molecule is CN(CC(=O)N(C)C)Cc1ccc2c(c1)OCCO2. The normalized spacial score (nSPS) is 13.5. The summed E-state index contributed by atoms with van der Waals surface area (Å²) in [6.07, 6.45) is 0. The molecule has 1 aromatic rings. The maximum atomic E-state index is 11.6. The van der Waals surface area contributed by atoms with Gasteiger partial charge in [0.2, 0.25) is 5.91 Å². The minimum absolute atomic E-state index is 0.0973. The van der Waals surface area contributed by atoms with Gasteiger partial charge in [0.15, 0.2) is 11.5 Å². The lowest BCUT2D eigenvalue weighted by atomic mass is 10.2. The van der Waals surface area contributed by atoms with Gasteiger partial charge in [-0.25, -0.2) is 0 Å². The van der Waals surface area contributed by atoms with Crippen molar-refractivity contribution in [2.24, 2.45) is 0 Å². The van der Waals surface area contributed by atoms with Crippen molar-refractivity contribution in [1.82, 2.24) is 9.80 Å². The Bertz CT molecular complexity index is 460. The molecular weight excluding hydrogens is 244 g/mol. The summed E-state index contributed by atoms with van der Waals surface area (Å²) in [5.41, 5.74) is 1.11. The van der Waals surface area contributed by atoms with Crippen LogP contribution in [-0.4, -0.2) is 56.6 Å². The van der Waals surface area contributed by atoms with Crippen molar-refractivity contribution in [2.75, 3.05) is 40.9 Å². The Morgan fingerprint density at radius 2 is 1.84 bits per heavy atom. The van der Waals surface area contributed by atoms with Crippen LogP contribution in [0.25, 0.3) is 0 Å². The molecule has 1 heterocycles. The highest BCUT2D eigenvalue weighted by atomic mass is 16.6. The maximum Gasteiger partial charge on any atom is 0.236 e. The summed E-state index contributed by atoms with van der Waals surface area (Å²) in [7, 11) is 5.46. The van der Waals surface area contributed by atoms with Gasteiger partial charge in [0.1, 0.15) is 13.2 Å². The molecule has 0 spiro atoms. The summed E-state index contributed by atoms with van der Waals surface area (Å²) in [5, 5.41) is 0. The Morgan fingerprint density at radius 3 is 2.53 bits per heavy atom. The molecule has 0 aromatic heterocycles. The topological polar surface area (TPSA) is 42.0 Å². The van der Waals surface area contributed by atoms with Gasteiger partial charge in [-0.2, -0.15) is 0 Å². The van der Waals surface area contributed by atoms with Crippen LogP contribution in [0.2, 0.25) is 0 Å². The highest BCUT2D eigenvalue weighted by Crippen LogP contribution is 2.30. The van der Waals surface area contributed by atoms with E-state index in [9.17, 15) is 4.79 Å². The third-order valence-corrected chi connectivity index (χ3v) is 2.96. The fourth-order valence-electron chi connectivity index (χ4n) is 1.93. The van der Waals surface area contributed by atoms with E-state index in [4.69, 9.17) is 9.47 Å². The van der Waals surface area contributed by atoms with Gasteiger partial charge in [0, 0.05) is 20.6 Å². The largest absolute Gasteiger partial charge is 0.486 e. The molecule has 0 N–H and O–H groups in total. The lowest BCUT2D eigenvalue weighted by Gasteiger charge is -2.21. The van der Waals surface area contributed by atoms with Crippen molar-refractivity contribution in [1.29, 1.82) is 0 Å². The first-order chi connectivity index (χ1) is 9.06. The highest BCUT2D eigenvalue weighted by molar-refractivity contribution is 5.77. The predicted molar refractivity (Wildman–Crippen MR) is 72.5 cm³/mol. The third kappa shape index (κ3) is 3.61. The zero-order valence-electron chi connectivity index (χ0n) is 11.7. The van der Waals surface area contributed by atoms with Crippen molar-refractivity contribution in [3.63, 3.8) is 0 Å². The number of likely N-dealkylation sites (N-methyl/N-ethyl adjacent to an activating group) is 2. The fourth-order valence-corrected chi connectivity index (χ4v) is 1.93. The van der Waals surface area contributed by atoms with E-state index in [0.29, 0.717) is 26.3 Å². The van der Waals surface area contributed by atoms with Gasteiger partial charge in [-0.1, -0.05) is 6.07 Å². The van der Waals surface area contributed by atoms with Crippen molar-refractivity contribution in [3.05, 3.63) is 23.8 Å². The summed E-state index contributed by atoms with van der Waals surface area (Å²) in [5.74, 6) is 1.68. The van der Waals surface area contributed by atoms with Gasteiger partial charge in [0.05, 0.1) is 6.54 Å². The number of carbonyl (C=O) groups excluding carboxylic acids is 1. The summed E-state index contributed by atoms with van der Waals surface area (Å²) < 4.78 is 11.0. The quantitative estimate of drug-likeness (QED) is 0.813. The van der Waals surface area contributed by atoms with Crippen molar-refractivity contribution in [2.45, 2.75) is 6.54 Å². The van der Waals surface area contributed by atoms with E-state index in [2.05, 4.69) is 0 Å². The highest BCUT2D eigenvalue weighted by Gasteiger charge is 2.13. The van der Waals surface area contributed by atoms with E-state index >= 15 is 0 Å². The van der Waals surface area contributed by atoms with Gasteiger partial charge < -0.3 is 14.4 Å². The summed E-state index contributed by atoms with van der Waals surface area (Å²) in [4.78, 5) is 15.2. The number of benzene rings is 1. The first-order valence-corrected chi connectivity index (χ1v) is 6.33. The van der Waals surface area contributed by atoms with Crippen LogP contribution in [0.15, 0.2) is 18.2 Å². The molecule has 1 aromatic carbocycles. The van der Waals surface area contributed by atoms with Crippen LogP contribution in [0.4, 0.5) is 0 Å².